The number of carbonyl (C=O) groups is 1. The Morgan fingerprint density at radius 1 is 0.920 bits per heavy atom. The minimum absolute atomic E-state index is 0.0125. The fourth-order valence-corrected chi connectivity index (χ4v) is 3.14. The van der Waals surface area contributed by atoms with Crippen molar-refractivity contribution in [1.82, 2.24) is 0 Å². The number of hydrogen-bond acceptors (Lipinski definition) is 5. The molecule has 0 aromatic heterocycles. The van der Waals surface area contributed by atoms with Crippen LogP contribution in [-0.2, 0) is 4.74 Å². The molecular weight excluding hydrogens is 320 g/mol. The van der Waals surface area contributed by atoms with Crippen molar-refractivity contribution in [2.24, 2.45) is 0 Å². The van der Waals surface area contributed by atoms with Gasteiger partial charge >= 0.3 is 5.97 Å². The van der Waals surface area contributed by atoms with Crippen LogP contribution >= 0.6 is 0 Å². The Kier molecular flexibility index (Phi) is 5.26. The van der Waals surface area contributed by atoms with Crippen LogP contribution in [-0.4, -0.2) is 32.4 Å². The quantitative estimate of drug-likeness (QED) is 0.846. The standard InChI is InChI=1S/C20H24O5/c1-10-8-14(13(4)16(12(10)3)20(22)25-7)17-15(23-5)9-11(2)19(24-6)18(17)21/h8-9,21H,1-7H3. The lowest BCUT2D eigenvalue weighted by molar-refractivity contribution is 0.0599. The van der Waals surface area contributed by atoms with E-state index in [9.17, 15) is 9.90 Å². The van der Waals surface area contributed by atoms with Crippen molar-refractivity contribution in [1.29, 1.82) is 0 Å². The summed E-state index contributed by atoms with van der Waals surface area (Å²) in [5.74, 6) is 0.477. The molecule has 25 heavy (non-hydrogen) atoms. The fourth-order valence-electron chi connectivity index (χ4n) is 3.14. The number of aromatic hydroxyl groups is 1. The first-order valence-corrected chi connectivity index (χ1v) is 7.92. The minimum atomic E-state index is -0.405. The maximum absolute atomic E-state index is 12.3. The molecule has 0 aliphatic heterocycles. The number of rotatable bonds is 4. The van der Waals surface area contributed by atoms with Crippen LogP contribution in [0.3, 0.4) is 0 Å². The Bertz CT molecular complexity index is 837. The molecule has 0 unspecified atom stereocenters. The SMILES string of the molecule is COC(=O)c1c(C)c(C)cc(-c2c(OC)cc(C)c(OC)c2O)c1C. The highest BCUT2D eigenvalue weighted by molar-refractivity contribution is 5.97. The van der Waals surface area contributed by atoms with E-state index < -0.39 is 5.97 Å². The van der Waals surface area contributed by atoms with Gasteiger partial charge in [0.25, 0.3) is 0 Å². The molecule has 0 atom stereocenters. The molecule has 0 aliphatic rings. The van der Waals surface area contributed by atoms with Gasteiger partial charge in [0.15, 0.2) is 11.5 Å². The lowest BCUT2D eigenvalue weighted by Crippen LogP contribution is -2.09. The van der Waals surface area contributed by atoms with Crippen molar-refractivity contribution < 1.29 is 24.1 Å². The van der Waals surface area contributed by atoms with Gasteiger partial charge < -0.3 is 19.3 Å². The van der Waals surface area contributed by atoms with E-state index in [-0.39, 0.29) is 5.75 Å². The molecule has 2 aromatic carbocycles. The normalized spacial score (nSPS) is 10.5. The summed E-state index contributed by atoms with van der Waals surface area (Å²) in [6.45, 7) is 7.46. The molecule has 2 aromatic rings. The Balaban J connectivity index is 2.92. The van der Waals surface area contributed by atoms with Crippen molar-refractivity contribution in [3.05, 3.63) is 39.9 Å². The monoisotopic (exact) mass is 344 g/mol. The van der Waals surface area contributed by atoms with Crippen LogP contribution in [0.25, 0.3) is 11.1 Å². The van der Waals surface area contributed by atoms with Crippen LogP contribution in [0.1, 0.15) is 32.6 Å². The second-order valence-electron chi connectivity index (χ2n) is 6.01. The van der Waals surface area contributed by atoms with Crippen molar-refractivity contribution >= 4 is 5.97 Å². The third kappa shape index (κ3) is 3.02. The molecule has 0 saturated carbocycles. The number of esters is 1. The lowest BCUT2D eigenvalue weighted by atomic mass is 9.88. The molecule has 0 fully saturated rings. The summed E-state index contributed by atoms with van der Waals surface area (Å²) in [4.78, 5) is 12.3. The first-order valence-electron chi connectivity index (χ1n) is 7.92. The van der Waals surface area contributed by atoms with Gasteiger partial charge in [0.1, 0.15) is 5.75 Å². The maximum Gasteiger partial charge on any atom is 0.338 e. The highest BCUT2D eigenvalue weighted by Gasteiger charge is 2.24. The predicted molar refractivity (Wildman–Crippen MR) is 96.9 cm³/mol. The van der Waals surface area contributed by atoms with Gasteiger partial charge in [0.05, 0.1) is 32.5 Å². The van der Waals surface area contributed by atoms with Crippen LogP contribution in [0, 0.1) is 27.7 Å². The third-order valence-electron chi connectivity index (χ3n) is 4.59. The molecular formula is C20H24O5. The van der Waals surface area contributed by atoms with Crippen LogP contribution in [0.2, 0.25) is 0 Å². The number of hydrogen-bond donors (Lipinski definition) is 1. The van der Waals surface area contributed by atoms with E-state index in [1.54, 1.807) is 13.2 Å². The van der Waals surface area contributed by atoms with Crippen LogP contribution in [0.5, 0.6) is 17.2 Å². The van der Waals surface area contributed by atoms with E-state index in [2.05, 4.69) is 0 Å². The second kappa shape index (κ2) is 7.05. The smallest absolute Gasteiger partial charge is 0.338 e. The van der Waals surface area contributed by atoms with Gasteiger partial charge in [-0.3, -0.25) is 0 Å². The van der Waals surface area contributed by atoms with Crippen molar-refractivity contribution in [2.75, 3.05) is 21.3 Å². The van der Waals surface area contributed by atoms with E-state index in [4.69, 9.17) is 14.2 Å². The molecule has 0 aliphatic carbocycles. The number of ether oxygens (including phenoxy) is 3. The van der Waals surface area contributed by atoms with E-state index in [1.165, 1.54) is 14.2 Å². The zero-order valence-electron chi connectivity index (χ0n) is 15.7. The number of carbonyl (C=O) groups excluding carboxylic acids is 1. The van der Waals surface area contributed by atoms with Gasteiger partial charge in [-0.05, 0) is 61.6 Å². The largest absolute Gasteiger partial charge is 0.504 e. The topological polar surface area (TPSA) is 65.0 Å². The number of phenolic OH excluding ortho intramolecular Hbond substituents is 1. The molecule has 134 valence electrons. The average Bonchev–Trinajstić information content (AvgIpc) is 2.58. The first-order chi connectivity index (χ1) is 11.8. The molecule has 2 rings (SSSR count). The van der Waals surface area contributed by atoms with Gasteiger partial charge in [-0.1, -0.05) is 6.07 Å². The molecule has 0 heterocycles. The highest BCUT2D eigenvalue weighted by Crippen LogP contribution is 2.47. The second-order valence-corrected chi connectivity index (χ2v) is 6.01. The Morgan fingerprint density at radius 3 is 2.08 bits per heavy atom. The molecule has 5 nitrogen and oxygen atoms in total. The lowest BCUT2D eigenvalue weighted by Gasteiger charge is -2.20. The minimum Gasteiger partial charge on any atom is -0.504 e. The van der Waals surface area contributed by atoms with E-state index in [0.717, 1.165) is 22.3 Å². The average molecular weight is 344 g/mol. The highest BCUT2D eigenvalue weighted by atomic mass is 16.5. The van der Waals surface area contributed by atoms with Gasteiger partial charge in [-0.25, -0.2) is 4.79 Å². The molecule has 1 N–H and O–H groups in total. The van der Waals surface area contributed by atoms with Crippen LogP contribution < -0.4 is 9.47 Å². The van der Waals surface area contributed by atoms with Crippen molar-refractivity contribution in [2.45, 2.75) is 27.7 Å². The molecule has 0 radical (unpaired) electrons. The number of phenols is 1. The Hall–Kier alpha value is -2.69. The summed E-state index contributed by atoms with van der Waals surface area (Å²) in [6, 6.07) is 3.74. The number of methoxy groups -OCH3 is 3. The molecule has 0 spiro atoms. The van der Waals surface area contributed by atoms with E-state index in [1.807, 2.05) is 33.8 Å². The van der Waals surface area contributed by atoms with Crippen LogP contribution in [0.4, 0.5) is 0 Å². The third-order valence-corrected chi connectivity index (χ3v) is 4.59. The molecule has 0 saturated heterocycles. The summed E-state index contributed by atoms with van der Waals surface area (Å²) in [6.07, 6.45) is 0. The van der Waals surface area contributed by atoms with Crippen LogP contribution in [0.15, 0.2) is 12.1 Å². The Labute approximate surface area is 148 Å². The van der Waals surface area contributed by atoms with E-state index in [0.29, 0.717) is 28.2 Å². The number of aryl methyl sites for hydroxylation is 2. The fraction of sp³-hybridized carbons (Fsp3) is 0.350. The summed E-state index contributed by atoms with van der Waals surface area (Å²) >= 11 is 0. The zero-order valence-corrected chi connectivity index (χ0v) is 15.7. The first kappa shape index (κ1) is 18.6. The van der Waals surface area contributed by atoms with Crippen molar-refractivity contribution in [3.63, 3.8) is 0 Å². The van der Waals surface area contributed by atoms with Gasteiger partial charge in [-0.15, -0.1) is 0 Å². The molecule has 5 heteroatoms. The van der Waals surface area contributed by atoms with E-state index >= 15 is 0 Å². The summed E-state index contributed by atoms with van der Waals surface area (Å²) < 4.78 is 15.8. The van der Waals surface area contributed by atoms with Gasteiger partial charge in [-0.2, -0.15) is 0 Å². The summed E-state index contributed by atoms with van der Waals surface area (Å²) in [5, 5.41) is 10.8. The van der Waals surface area contributed by atoms with Gasteiger partial charge in [0, 0.05) is 0 Å². The summed E-state index contributed by atoms with van der Waals surface area (Å²) in [5.41, 5.74) is 4.95. The zero-order chi connectivity index (χ0) is 18.9. The van der Waals surface area contributed by atoms with Crippen molar-refractivity contribution in [3.8, 4) is 28.4 Å². The molecule has 0 bridgehead atoms. The Morgan fingerprint density at radius 2 is 1.56 bits per heavy atom. The predicted octanol–water partition coefficient (Wildman–Crippen LogP) is 4.10. The maximum atomic E-state index is 12.3. The number of benzene rings is 2. The van der Waals surface area contributed by atoms with Gasteiger partial charge in [0.2, 0.25) is 0 Å². The molecule has 0 amide bonds. The summed E-state index contributed by atoms with van der Waals surface area (Å²) in [7, 11) is 4.41.